The van der Waals surface area contributed by atoms with E-state index in [9.17, 15) is 0 Å². The first-order valence-electron chi connectivity index (χ1n) is 12.8. The molecule has 4 heterocycles. The Morgan fingerprint density at radius 2 is 1.74 bits per heavy atom. The van der Waals surface area contributed by atoms with Crippen molar-refractivity contribution in [3.63, 3.8) is 0 Å². The maximum absolute atomic E-state index is 6.52. The summed E-state index contributed by atoms with van der Waals surface area (Å²) >= 11 is 2.34. The van der Waals surface area contributed by atoms with Crippen molar-refractivity contribution in [2.75, 3.05) is 13.6 Å². The second-order valence-corrected chi connectivity index (χ2v) is 11.4. The van der Waals surface area contributed by atoms with Crippen molar-refractivity contribution in [2.24, 2.45) is 14.1 Å². The van der Waals surface area contributed by atoms with Crippen molar-refractivity contribution in [3.8, 4) is 17.1 Å². The Hall–Kier alpha value is -2.30. The van der Waals surface area contributed by atoms with Gasteiger partial charge in [0.25, 0.3) is 0 Å². The maximum Gasteiger partial charge on any atom is 0.221 e. The Kier molecular flexibility index (Phi) is 10.1. The molecule has 4 aromatic rings. The molecule has 11 heteroatoms. The van der Waals surface area contributed by atoms with Gasteiger partial charge in [-0.1, -0.05) is 20.4 Å². The van der Waals surface area contributed by atoms with E-state index in [0.717, 1.165) is 63.9 Å². The zero-order valence-corrected chi connectivity index (χ0v) is 27.4. The number of hydrogen-bond acceptors (Lipinski definition) is 6. The summed E-state index contributed by atoms with van der Waals surface area (Å²) in [5.41, 5.74) is 8.99. The third-order valence-corrected chi connectivity index (χ3v) is 8.38. The number of rotatable bonds is 9. The second kappa shape index (κ2) is 12.7. The quantitative estimate of drug-likeness (QED) is 0.160. The molecule has 0 aliphatic heterocycles. The van der Waals surface area contributed by atoms with Gasteiger partial charge in [0, 0.05) is 32.6 Å². The number of nitrogens with zero attached hydrogens (tertiary/aromatic N) is 8. The van der Waals surface area contributed by atoms with E-state index in [-0.39, 0.29) is 6.10 Å². The van der Waals surface area contributed by atoms with Gasteiger partial charge in [0.2, 0.25) is 5.88 Å². The molecule has 0 saturated heterocycles. The van der Waals surface area contributed by atoms with Gasteiger partial charge in [-0.25, -0.2) is 9.13 Å². The van der Waals surface area contributed by atoms with E-state index in [0.29, 0.717) is 6.37 Å². The van der Waals surface area contributed by atoms with Crippen LogP contribution in [0.1, 0.15) is 54.8 Å². The molecule has 206 valence electrons. The van der Waals surface area contributed by atoms with Crippen molar-refractivity contribution in [3.05, 3.63) is 46.7 Å². The summed E-state index contributed by atoms with van der Waals surface area (Å²) in [6.07, 6.45) is 2.23. The van der Waals surface area contributed by atoms with Crippen LogP contribution in [0.2, 0.25) is 0 Å². The van der Waals surface area contributed by atoms with E-state index in [2.05, 4.69) is 77.6 Å². The van der Waals surface area contributed by atoms with Gasteiger partial charge in [0.05, 0.1) is 51.6 Å². The fourth-order valence-electron chi connectivity index (χ4n) is 4.77. The standard InChI is InChI=1S/C25H34IN8OP.C2H6/c1-10-20-19-11-21(27-18(6)24(19)34(30-20)36-26)23-17(5)29-33(9)25(23)35-14(2)12-31(7)13-22-15(3)16(4)28-32(22)8;1-2/h10-11,14,36H,1,12-13H2,2-9H3;1-2H3. The average molecular weight is 651 g/mol. The Balaban J connectivity index is 0.00000195. The SMILES string of the molecule is C=Cc1nn(PI)c2c(C)nc(-c3c(C)nn(C)c3OC(C)CN(C)Cc3c(C)c(C)nn3C)cc12.CC. The predicted molar refractivity (Wildman–Crippen MR) is 167 cm³/mol. The zero-order valence-electron chi connectivity index (χ0n) is 24.2. The summed E-state index contributed by atoms with van der Waals surface area (Å²) in [6.45, 7) is 19.8. The maximum atomic E-state index is 6.52. The summed E-state index contributed by atoms with van der Waals surface area (Å²) in [5, 5.41) is 15.0. The molecule has 2 unspecified atom stereocenters. The Bertz CT molecular complexity index is 1440. The number of aryl methyl sites for hydroxylation is 5. The Morgan fingerprint density at radius 3 is 2.32 bits per heavy atom. The van der Waals surface area contributed by atoms with Crippen LogP contribution in [0.25, 0.3) is 28.2 Å². The summed E-state index contributed by atoms with van der Waals surface area (Å²) < 4.78 is 12.3. The lowest BCUT2D eigenvalue weighted by molar-refractivity contribution is 0.147. The van der Waals surface area contributed by atoms with Crippen LogP contribution in [-0.4, -0.2) is 58.7 Å². The van der Waals surface area contributed by atoms with Gasteiger partial charge in [0.1, 0.15) is 6.10 Å². The molecule has 0 fully saturated rings. The van der Waals surface area contributed by atoms with Crippen LogP contribution >= 0.6 is 28.4 Å². The third-order valence-electron chi connectivity index (χ3n) is 6.53. The lowest BCUT2D eigenvalue weighted by atomic mass is 10.1. The normalized spacial score (nSPS) is 12.4. The highest BCUT2D eigenvalue weighted by molar-refractivity contribution is 14.2. The first-order chi connectivity index (χ1) is 18.0. The average Bonchev–Trinajstić information content (AvgIpc) is 3.46. The predicted octanol–water partition coefficient (Wildman–Crippen LogP) is 6.16. The molecule has 0 aromatic carbocycles. The molecule has 9 nitrogen and oxygen atoms in total. The van der Waals surface area contributed by atoms with Crippen LogP contribution in [-0.2, 0) is 20.6 Å². The zero-order chi connectivity index (χ0) is 28.3. The van der Waals surface area contributed by atoms with Crippen LogP contribution in [0.3, 0.4) is 0 Å². The number of aromatic nitrogens is 7. The minimum Gasteiger partial charge on any atom is -0.473 e. The van der Waals surface area contributed by atoms with Crippen molar-refractivity contribution in [1.29, 1.82) is 0 Å². The number of pyridine rings is 1. The summed E-state index contributed by atoms with van der Waals surface area (Å²) in [5.74, 6) is 0.718. The lowest BCUT2D eigenvalue weighted by Crippen LogP contribution is -2.32. The van der Waals surface area contributed by atoms with Crippen LogP contribution in [0, 0.1) is 27.7 Å². The van der Waals surface area contributed by atoms with Crippen LogP contribution in [0.15, 0.2) is 12.6 Å². The first-order valence-corrected chi connectivity index (χ1v) is 16.9. The van der Waals surface area contributed by atoms with Gasteiger partial charge in [0.15, 0.2) is 0 Å². The Labute approximate surface area is 241 Å². The fourth-order valence-corrected chi connectivity index (χ4v) is 6.33. The molecular formula is C27H40IN8OP. The molecule has 4 aromatic heterocycles. The number of fused-ring (bicyclic) bond motifs is 1. The summed E-state index contributed by atoms with van der Waals surface area (Å²) in [4.78, 5) is 7.23. The molecule has 0 radical (unpaired) electrons. The van der Waals surface area contributed by atoms with E-state index in [1.807, 2.05) is 50.9 Å². The van der Waals surface area contributed by atoms with Gasteiger partial charge >= 0.3 is 0 Å². The van der Waals surface area contributed by atoms with Crippen molar-refractivity contribution < 1.29 is 4.74 Å². The number of ether oxygens (including phenoxy) is 1. The minimum absolute atomic E-state index is 0.0604. The third kappa shape index (κ3) is 5.97. The molecular weight excluding hydrogens is 610 g/mol. The highest BCUT2D eigenvalue weighted by Gasteiger charge is 2.23. The molecule has 0 bridgehead atoms. The van der Waals surface area contributed by atoms with E-state index in [1.54, 1.807) is 10.8 Å². The van der Waals surface area contributed by atoms with E-state index in [4.69, 9.17) is 14.8 Å². The van der Waals surface area contributed by atoms with Crippen molar-refractivity contribution >= 4 is 45.4 Å². The van der Waals surface area contributed by atoms with Gasteiger partial charge in [-0.2, -0.15) is 15.3 Å². The summed E-state index contributed by atoms with van der Waals surface area (Å²) in [6, 6.07) is 2.08. The highest BCUT2D eigenvalue weighted by atomic mass is 127. The number of likely N-dealkylation sites (N-methyl/N-ethyl adjacent to an activating group) is 1. The van der Waals surface area contributed by atoms with E-state index in [1.165, 1.54) is 11.3 Å². The summed E-state index contributed by atoms with van der Waals surface area (Å²) in [7, 11) is 6.03. The molecule has 0 spiro atoms. The van der Waals surface area contributed by atoms with Gasteiger partial charge in [-0.3, -0.25) is 14.6 Å². The van der Waals surface area contributed by atoms with Crippen molar-refractivity contribution in [2.45, 2.75) is 61.1 Å². The van der Waals surface area contributed by atoms with E-state index < -0.39 is 0 Å². The van der Waals surface area contributed by atoms with E-state index >= 15 is 0 Å². The highest BCUT2D eigenvalue weighted by Crippen LogP contribution is 2.38. The minimum atomic E-state index is -0.0604. The number of hydrogen-bond donors (Lipinski definition) is 0. The molecule has 2 atom stereocenters. The van der Waals surface area contributed by atoms with Crippen LogP contribution in [0.4, 0.5) is 0 Å². The van der Waals surface area contributed by atoms with Gasteiger partial charge in [-0.05, 0) is 81.4 Å². The second-order valence-electron chi connectivity index (χ2n) is 9.37. The molecule has 38 heavy (non-hydrogen) atoms. The molecule has 4 rings (SSSR count). The number of halogens is 1. The topological polar surface area (TPSA) is 78.8 Å². The fraction of sp³-hybridized carbons (Fsp3) is 0.481. The smallest absolute Gasteiger partial charge is 0.221 e. The van der Waals surface area contributed by atoms with Gasteiger partial charge < -0.3 is 4.74 Å². The van der Waals surface area contributed by atoms with Gasteiger partial charge in [-0.15, -0.1) is 0 Å². The molecule has 0 saturated carbocycles. The molecule has 0 aliphatic rings. The molecule has 0 aliphatic carbocycles. The molecule has 0 amide bonds. The monoisotopic (exact) mass is 650 g/mol. The largest absolute Gasteiger partial charge is 0.473 e. The Morgan fingerprint density at radius 1 is 1.08 bits per heavy atom. The first kappa shape index (κ1) is 30.2. The van der Waals surface area contributed by atoms with Crippen LogP contribution < -0.4 is 4.74 Å². The lowest BCUT2D eigenvalue weighted by Gasteiger charge is -2.23. The van der Waals surface area contributed by atoms with Crippen molar-refractivity contribution in [1.82, 2.24) is 39.0 Å². The molecule has 0 N–H and O–H groups in total. The van der Waals surface area contributed by atoms with Crippen LogP contribution in [0.5, 0.6) is 5.88 Å².